The Morgan fingerprint density at radius 1 is 1.19 bits per heavy atom. The van der Waals surface area contributed by atoms with Gasteiger partial charge < -0.3 is 15.2 Å². The Morgan fingerprint density at radius 3 is 2.58 bits per heavy atom. The molecule has 0 aliphatic carbocycles. The maximum atomic E-state index is 11.9. The zero-order valence-corrected chi connectivity index (χ0v) is 15.8. The van der Waals surface area contributed by atoms with E-state index in [1.807, 2.05) is 6.92 Å². The van der Waals surface area contributed by atoms with Crippen LogP contribution in [0.2, 0.25) is 10.0 Å². The van der Waals surface area contributed by atoms with E-state index in [9.17, 15) is 9.59 Å². The summed E-state index contributed by atoms with van der Waals surface area (Å²) in [6.07, 6.45) is 0. The molecule has 6 nitrogen and oxygen atoms in total. The van der Waals surface area contributed by atoms with Gasteiger partial charge in [0.05, 0.1) is 10.6 Å². The molecule has 136 valence electrons. The van der Waals surface area contributed by atoms with E-state index in [4.69, 9.17) is 45.3 Å². The van der Waals surface area contributed by atoms with Gasteiger partial charge in [0.15, 0.2) is 11.7 Å². The Morgan fingerprint density at radius 2 is 1.92 bits per heavy atom. The molecule has 2 aromatic carbocycles. The number of carbonyl (C=O) groups excluding carboxylic acids is 1. The van der Waals surface area contributed by atoms with Crippen LogP contribution in [0.4, 0.5) is 5.69 Å². The van der Waals surface area contributed by atoms with Gasteiger partial charge in [0.25, 0.3) is 5.91 Å². The first-order valence-electron chi connectivity index (χ1n) is 7.29. The maximum Gasteiger partial charge on any atom is 0.337 e. The number of benzene rings is 2. The van der Waals surface area contributed by atoms with Gasteiger partial charge in [-0.15, -0.1) is 0 Å². The van der Waals surface area contributed by atoms with E-state index in [0.717, 1.165) is 5.56 Å². The standard InChI is InChI=1S/C17H14Cl2N2O4S/c1-9-6-10(18)2-5-14(9)25-8-15(22)21-17(26)20-11-3-4-13(19)12(7-11)16(23)24/h2-7H,8H2,1H3,(H,23,24)(H2,20,21,22,26). The van der Waals surface area contributed by atoms with Crippen LogP contribution in [0, 0.1) is 6.92 Å². The topological polar surface area (TPSA) is 87.7 Å². The first kappa shape index (κ1) is 20.0. The van der Waals surface area contributed by atoms with Crippen molar-refractivity contribution in [2.45, 2.75) is 6.92 Å². The van der Waals surface area contributed by atoms with Crippen LogP contribution >= 0.6 is 35.4 Å². The van der Waals surface area contributed by atoms with Crippen LogP contribution in [-0.2, 0) is 4.79 Å². The fraction of sp³-hybridized carbons (Fsp3) is 0.118. The Bertz CT molecular complexity index is 874. The van der Waals surface area contributed by atoms with Crippen molar-refractivity contribution in [1.29, 1.82) is 0 Å². The largest absolute Gasteiger partial charge is 0.483 e. The van der Waals surface area contributed by atoms with Crippen molar-refractivity contribution in [2.75, 3.05) is 11.9 Å². The quantitative estimate of drug-likeness (QED) is 0.645. The van der Waals surface area contributed by atoms with Crippen LogP contribution in [0.1, 0.15) is 15.9 Å². The van der Waals surface area contributed by atoms with Crippen molar-refractivity contribution < 1.29 is 19.4 Å². The van der Waals surface area contributed by atoms with E-state index in [1.165, 1.54) is 12.1 Å². The lowest BCUT2D eigenvalue weighted by atomic mass is 10.2. The SMILES string of the molecule is Cc1cc(Cl)ccc1OCC(=O)NC(=S)Nc1ccc(Cl)c(C(=O)O)c1. The number of thiocarbonyl (C=S) groups is 1. The monoisotopic (exact) mass is 412 g/mol. The highest BCUT2D eigenvalue weighted by atomic mass is 35.5. The molecule has 9 heteroatoms. The molecule has 0 unspecified atom stereocenters. The van der Waals surface area contributed by atoms with Crippen LogP contribution in [0.3, 0.4) is 0 Å². The summed E-state index contributed by atoms with van der Waals surface area (Å²) in [6.45, 7) is 1.57. The summed E-state index contributed by atoms with van der Waals surface area (Å²) in [6, 6.07) is 9.33. The smallest absolute Gasteiger partial charge is 0.337 e. The molecule has 0 heterocycles. The summed E-state index contributed by atoms with van der Waals surface area (Å²) in [5.74, 6) is -1.10. The van der Waals surface area contributed by atoms with Crippen LogP contribution in [0.15, 0.2) is 36.4 Å². The summed E-state index contributed by atoms with van der Waals surface area (Å²) < 4.78 is 5.42. The number of amides is 1. The first-order valence-corrected chi connectivity index (χ1v) is 8.45. The first-order chi connectivity index (χ1) is 12.3. The highest BCUT2D eigenvalue weighted by Gasteiger charge is 2.11. The van der Waals surface area contributed by atoms with Crippen molar-refractivity contribution in [3.63, 3.8) is 0 Å². The van der Waals surface area contributed by atoms with Gasteiger partial charge in [-0.2, -0.15) is 0 Å². The highest BCUT2D eigenvalue weighted by molar-refractivity contribution is 7.80. The molecule has 0 aromatic heterocycles. The Balaban J connectivity index is 1.90. The van der Waals surface area contributed by atoms with Gasteiger partial charge in [-0.1, -0.05) is 23.2 Å². The Kier molecular flexibility index (Phi) is 6.79. The fourth-order valence-corrected chi connectivity index (χ4v) is 2.67. The van der Waals surface area contributed by atoms with Gasteiger partial charge in [-0.05, 0) is 61.1 Å². The third-order valence-electron chi connectivity index (χ3n) is 3.20. The fourth-order valence-electron chi connectivity index (χ4n) is 2.01. The molecular weight excluding hydrogens is 399 g/mol. The van der Waals surface area contributed by atoms with Crippen LogP contribution in [-0.4, -0.2) is 28.7 Å². The predicted octanol–water partition coefficient (Wildman–Crippen LogP) is 3.89. The minimum absolute atomic E-state index is 0.00471. The average Bonchev–Trinajstić information content (AvgIpc) is 2.55. The number of aromatic carboxylic acids is 1. The van der Waals surface area contributed by atoms with Crippen molar-refractivity contribution in [3.05, 3.63) is 57.6 Å². The number of nitrogens with one attached hydrogen (secondary N) is 2. The van der Waals surface area contributed by atoms with Crippen LogP contribution < -0.4 is 15.4 Å². The summed E-state index contributed by atoms with van der Waals surface area (Å²) >= 11 is 16.7. The number of carboxylic acid groups (broad SMARTS) is 1. The van der Waals surface area contributed by atoms with Gasteiger partial charge in [0, 0.05) is 10.7 Å². The van der Waals surface area contributed by atoms with E-state index in [0.29, 0.717) is 16.5 Å². The number of hydrogen-bond acceptors (Lipinski definition) is 4. The summed E-state index contributed by atoms with van der Waals surface area (Å²) in [4.78, 5) is 23.0. The van der Waals surface area contributed by atoms with E-state index in [1.54, 1.807) is 24.3 Å². The Hall–Kier alpha value is -2.35. The molecule has 0 spiro atoms. The third kappa shape index (κ3) is 5.59. The number of carbonyl (C=O) groups is 2. The number of ether oxygens (including phenoxy) is 1. The van der Waals surface area contributed by atoms with E-state index >= 15 is 0 Å². The molecule has 2 aromatic rings. The van der Waals surface area contributed by atoms with Crippen LogP contribution in [0.5, 0.6) is 5.75 Å². The Labute approximate surface area is 165 Å². The lowest BCUT2D eigenvalue weighted by Crippen LogP contribution is -2.37. The second-order valence-corrected chi connectivity index (χ2v) is 6.45. The summed E-state index contributed by atoms with van der Waals surface area (Å²) in [5, 5.41) is 14.9. The van der Waals surface area contributed by atoms with Gasteiger partial charge >= 0.3 is 5.97 Å². The second kappa shape index (κ2) is 8.84. The average molecular weight is 413 g/mol. The van der Waals surface area contributed by atoms with Gasteiger partial charge in [0.1, 0.15) is 5.75 Å². The molecule has 0 radical (unpaired) electrons. The van der Waals surface area contributed by atoms with Crippen molar-refractivity contribution in [3.8, 4) is 5.75 Å². The lowest BCUT2D eigenvalue weighted by molar-refractivity contribution is -0.121. The van der Waals surface area contributed by atoms with Gasteiger partial charge in [-0.25, -0.2) is 4.79 Å². The van der Waals surface area contributed by atoms with Crippen LogP contribution in [0.25, 0.3) is 0 Å². The molecule has 0 saturated heterocycles. The molecule has 2 rings (SSSR count). The third-order valence-corrected chi connectivity index (χ3v) is 3.97. The number of carboxylic acids is 1. The number of hydrogen-bond donors (Lipinski definition) is 3. The number of aryl methyl sites for hydroxylation is 1. The maximum absolute atomic E-state index is 11.9. The summed E-state index contributed by atoms with van der Waals surface area (Å²) in [5.41, 5.74) is 1.10. The van der Waals surface area contributed by atoms with Gasteiger partial charge in [-0.3, -0.25) is 10.1 Å². The van der Waals surface area contributed by atoms with Gasteiger partial charge in [0.2, 0.25) is 0 Å². The molecule has 0 atom stereocenters. The number of halogens is 2. The normalized spacial score (nSPS) is 10.1. The molecule has 0 aliphatic heterocycles. The lowest BCUT2D eigenvalue weighted by Gasteiger charge is -2.12. The van der Waals surface area contributed by atoms with Crippen molar-refractivity contribution in [2.24, 2.45) is 0 Å². The molecule has 0 bridgehead atoms. The molecule has 1 amide bonds. The highest BCUT2D eigenvalue weighted by Crippen LogP contribution is 2.22. The predicted molar refractivity (Wildman–Crippen MR) is 104 cm³/mol. The minimum Gasteiger partial charge on any atom is -0.483 e. The van der Waals surface area contributed by atoms with E-state index < -0.39 is 11.9 Å². The molecule has 0 saturated carbocycles. The second-order valence-electron chi connectivity index (χ2n) is 5.20. The molecule has 26 heavy (non-hydrogen) atoms. The number of anilines is 1. The van der Waals surface area contributed by atoms with E-state index in [2.05, 4.69) is 10.6 Å². The number of rotatable bonds is 5. The van der Waals surface area contributed by atoms with E-state index in [-0.39, 0.29) is 22.3 Å². The van der Waals surface area contributed by atoms with Crippen molar-refractivity contribution >= 4 is 58.1 Å². The summed E-state index contributed by atoms with van der Waals surface area (Å²) in [7, 11) is 0. The molecular formula is C17H14Cl2N2O4S. The zero-order valence-electron chi connectivity index (χ0n) is 13.5. The minimum atomic E-state index is -1.17. The molecule has 0 aliphatic rings. The molecule has 3 N–H and O–H groups in total. The van der Waals surface area contributed by atoms with Crippen molar-refractivity contribution in [1.82, 2.24) is 5.32 Å². The zero-order chi connectivity index (χ0) is 19.3. The molecule has 0 fully saturated rings.